The standard InChI is InChI=1S/C25H21NO2/c27-24(23-12-6-10-20-9-4-5-11-22(20)23)17-26-25(28)21-15-13-19(14-16-21)18-7-2-1-3-8-18/h1-16,24,27H,17H2,(H,26,28). The topological polar surface area (TPSA) is 49.3 Å². The van der Waals surface area contributed by atoms with Crippen molar-refractivity contribution in [1.82, 2.24) is 5.32 Å². The SMILES string of the molecule is O=C(NCC(O)c1cccc2ccccc12)c1ccc(-c2ccccc2)cc1. The Balaban J connectivity index is 1.44. The Bertz CT molecular complexity index is 1080. The van der Waals surface area contributed by atoms with Gasteiger partial charge in [-0.1, -0.05) is 84.9 Å². The van der Waals surface area contributed by atoms with Gasteiger partial charge in [0.05, 0.1) is 6.10 Å². The minimum atomic E-state index is -0.765. The minimum Gasteiger partial charge on any atom is -0.387 e. The number of hydrogen-bond acceptors (Lipinski definition) is 2. The average molecular weight is 367 g/mol. The lowest BCUT2D eigenvalue weighted by molar-refractivity contribution is 0.0917. The molecule has 28 heavy (non-hydrogen) atoms. The highest BCUT2D eigenvalue weighted by molar-refractivity contribution is 5.94. The highest BCUT2D eigenvalue weighted by atomic mass is 16.3. The summed E-state index contributed by atoms with van der Waals surface area (Å²) < 4.78 is 0. The molecule has 138 valence electrons. The molecule has 1 amide bonds. The maximum Gasteiger partial charge on any atom is 0.251 e. The number of benzene rings is 4. The van der Waals surface area contributed by atoms with Crippen LogP contribution < -0.4 is 5.32 Å². The van der Waals surface area contributed by atoms with Crippen LogP contribution in [-0.4, -0.2) is 17.6 Å². The van der Waals surface area contributed by atoms with E-state index in [2.05, 4.69) is 5.32 Å². The summed E-state index contributed by atoms with van der Waals surface area (Å²) >= 11 is 0. The normalized spacial score (nSPS) is 11.9. The van der Waals surface area contributed by atoms with Crippen LogP contribution in [0.1, 0.15) is 22.0 Å². The summed E-state index contributed by atoms with van der Waals surface area (Å²) in [5, 5.41) is 15.5. The first-order valence-electron chi connectivity index (χ1n) is 9.32. The predicted octanol–water partition coefficient (Wildman–Crippen LogP) is 4.97. The molecule has 0 bridgehead atoms. The van der Waals surface area contributed by atoms with Crippen LogP contribution in [0.2, 0.25) is 0 Å². The lowest BCUT2D eigenvalue weighted by Gasteiger charge is -2.15. The fourth-order valence-corrected chi connectivity index (χ4v) is 3.39. The van der Waals surface area contributed by atoms with Gasteiger partial charge in [0.2, 0.25) is 0 Å². The van der Waals surface area contributed by atoms with Crippen LogP contribution in [0.5, 0.6) is 0 Å². The number of aliphatic hydroxyl groups excluding tert-OH is 1. The van der Waals surface area contributed by atoms with Gasteiger partial charge in [-0.25, -0.2) is 0 Å². The van der Waals surface area contributed by atoms with E-state index >= 15 is 0 Å². The van der Waals surface area contributed by atoms with Gasteiger partial charge >= 0.3 is 0 Å². The zero-order valence-electron chi connectivity index (χ0n) is 15.4. The van der Waals surface area contributed by atoms with E-state index in [-0.39, 0.29) is 12.5 Å². The number of nitrogens with one attached hydrogen (secondary N) is 1. The van der Waals surface area contributed by atoms with Crippen molar-refractivity contribution >= 4 is 16.7 Å². The molecule has 4 aromatic carbocycles. The largest absolute Gasteiger partial charge is 0.387 e. The Morgan fingerprint density at radius 1 is 0.750 bits per heavy atom. The Morgan fingerprint density at radius 3 is 2.18 bits per heavy atom. The van der Waals surface area contributed by atoms with Crippen molar-refractivity contribution in [2.24, 2.45) is 0 Å². The summed E-state index contributed by atoms with van der Waals surface area (Å²) in [5.74, 6) is -0.195. The van der Waals surface area contributed by atoms with Crippen LogP contribution in [0, 0.1) is 0 Å². The van der Waals surface area contributed by atoms with Gasteiger partial charge in [-0.15, -0.1) is 0 Å². The van der Waals surface area contributed by atoms with Gasteiger partial charge in [0.15, 0.2) is 0 Å². The fourth-order valence-electron chi connectivity index (χ4n) is 3.39. The number of fused-ring (bicyclic) bond motifs is 1. The number of rotatable bonds is 5. The van der Waals surface area contributed by atoms with Crippen molar-refractivity contribution in [3.63, 3.8) is 0 Å². The number of hydrogen-bond donors (Lipinski definition) is 2. The zero-order chi connectivity index (χ0) is 19.3. The molecule has 4 rings (SSSR count). The highest BCUT2D eigenvalue weighted by Gasteiger charge is 2.13. The van der Waals surface area contributed by atoms with E-state index in [0.717, 1.165) is 27.5 Å². The van der Waals surface area contributed by atoms with Crippen LogP contribution in [0.25, 0.3) is 21.9 Å². The van der Waals surface area contributed by atoms with E-state index in [0.29, 0.717) is 5.56 Å². The van der Waals surface area contributed by atoms with Crippen molar-refractivity contribution in [2.45, 2.75) is 6.10 Å². The van der Waals surface area contributed by atoms with Crippen LogP contribution in [0.15, 0.2) is 97.1 Å². The smallest absolute Gasteiger partial charge is 0.251 e. The summed E-state index contributed by atoms with van der Waals surface area (Å²) in [6.45, 7) is 0.160. The molecule has 0 spiro atoms. The Hall–Kier alpha value is -3.43. The maximum atomic E-state index is 12.5. The minimum absolute atomic E-state index is 0.160. The highest BCUT2D eigenvalue weighted by Crippen LogP contribution is 2.24. The first-order chi connectivity index (χ1) is 13.7. The molecule has 2 N–H and O–H groups in total. The van der Waals surface area contributed by atoms with E-state index in [1.165, 1.54) is 0 Å². The van der Waals surface area contributed by atoms with Crippen LogP contribution in [-0.2, 0) is 0 Å². The summed E-state index contributed by atoms with van der Waals surface area (Å²) in [4.78, 5) is 12.5. The Labute approximate surface area is 164 Å². The van der Waals surface area contributed by atoms with Gasteiger partial charge in [-0.3, -0.25) is 4.79 Å². The third-order valence-corrected chi connectivity index (χ3v) is 4.89. The molecule has 0 saturated heterocycles. The van der Waals surface area contributed by atoms with E-state index < -0.39 is 6.10 Å². The Morgan fingerprint density at radius 2 is 1.39 bits per heavy atom. The van der Waals surface area contributed by atoms with Crippen molar-refractivity contribution in [3.8, 4) is 11.1 Å². The second-order valence-corrected chi connectivity index (χ2v) is 6.74. The molecule has 3 heteroatoms. The summed E-state index contributed by atoms with van der Waals surface area (Å²) in [6, 6.07) is 31.3. The molecule has 1 atom stereocenters. The molecule has 1 unspecified atom stereocenters. The maximum absolute atomic E-state index is 12.5. The lowest BCUT2D eigenvalue weighted by Crippen LogP contribution is -2.28. The van der Waals surface area contributed by atoms with Crippen molar-refractivity contribution < 1.29 is 9.90 Å². The molecule has 4 aromatic rings. The first-order valence-corrected chi connectivity index (χ1v) is 9.32. The molecule has 0 saturated carbocycles. The fraction of sp³-hybridized carbons (Fsp3) is 0.0800. The van der Waals surface area contributed by atoms with Crippen molar-refractivity contribution in [3.05, 3.63) is 108 Å². The summed E-state index contributed by atoms with van der Waals surface area (Å²) in [6.07, 6.45) is -0.765. The number of carbonyl (C=O) groups excluding carboxylic acids is 1. The number of carbonyl (C=O) groups is 1. The monoisotopic (exact) mass is 367 g/mol. The third kappa shape index (κ3) is 3.80. The quantitative estimate of drug-likeness (QED) is 0.523. The zero-order valence-corrected chi connectivity index (χ0v) is 15.4. The second-order valence-electron chi connectivity index (χ2n) is 6.74. The van der Waals surface area contributed by atoms with Crippen LogP contribution >= 0.6 is 0 Å². The predicted molar refractivity (Wildman–Crippen MR) is 113 cm³/mol. The van der Waals surface area contributed by atoms with Gasteiger partial charge in [0.25, 0.3) is 5.91 Å². The van der Waals surface area contributed by atoms with Crippen molar-refractivity contribution in [2.75, 3.05) is 6.54 Å². The lowest BCUT2D eigenvalue weighted by atomic mass is 10.0. The summed E-state index contributed by atoms with van der Waals surface area (Å²) in [5.41, 5.74) is 3.57. The molecule has 0 aliphatic carbocycles. The first kappa shape index (κ1) is 18.0. The average Bonchev–Trinajstić information content (AvgIpc) is 2.77. The molecule has 3 nitrogen and oxygen atoms in total. The van der Waals surface area contributed by atoms with Crippen LogP contribution in [0.4, 0.5) is 0 Å². The molecule has 0 fully saturated rings. The second kappa shape index (κ2) is 8.07. The Kier molecular flexibility index (Phi) is 5.18. The number of amides is 1. The van der Waals surface area contributed by atoms with Gasteiger partial charge in [-0.2, -0.15) is 0 Å². The summed E-state index contributed by atoms with van der Waals surface area (Å²) in [7, 11) is 0. The van der Waals surface area contributed by atoms with Crippen LogP contribution in [0.3, 0.4) is 0 Å². The molecular formula is C25H21NO2. The van der Waals surface area contributed by atoms with Gasteiger partial charge in [0.1, 0.15) is 0 Å². The molecular weight excluding hydrogens is 346 g/mol. The third-order valence-electron chi connectivity index (χ3n) is 4.89. The van der Waals surface area contributed by atoms with Gasteiger partial charge in [-0.05, 0) is 39.6 Å². The molecule has 0 aliphatic heterocycles. The van der Waals surface area contributed by atoms with Gasteiger partial charge in [0, 0.05) is 12.1 Å². The molecule has 0 heterocycles. The van der Waals surface area contributed by atoms with Gasteiger partial charge < -0.3 is 10.4 Å². The molecule has 0 aromatic heterocycles. The number of aliphatic hydroxyl groups is 1. The van der Waals surface area contributed by atoms with E-state index in [9.17, 15) is 9.90 Å². The van der Waals surface area contributed by atoms with Crippen molar-refractivity contribution in [1.29, 1.82) is 0 Å². The van der Waals surface area contributed by atoms with E-state index in [1.54, 1.807) is 0 Å². The van der Waals surface area contributed by atoms with E-state index in [1.807, 2.05) is 97.1 Å². The molecule has 0 radical (unpaired) electrons. The van der Waals surface area contributed by atoms with E-state index in [4.69, 9.17) is 0 Å². The molecule has 0 aliphatic rings.